The Morgan fingerprint density at radius 3 is 2.49 bits per heavy atom. The lowest BCUT2D eigenvalue weighted by molar-refractivity contribution is 0.227. The minimum absolute atomic E-state index is 0.00363. The maximum atomic E-state index is 8.23. The Morgan fingerprint density at radius 1 is 0.829 bits per heavy atom. The molecule has 208 valence electrons. The molecule has 2 aromatic heterocycles. The molecule has 3 aliphatic rings. The third-order valence-corrected chi connectivity index (χ3v) is 9.72. The molecule has 0 radical (unpaired) electrons. The number of ether oxygens (including phenoxy) is 1. The quantitative estimate of drug-likeness (QED) is 0.228. The van der Waals surface area contributed by atoms with E-state index < -0.39 is 6.98 Å². The van der Waals surface area contributed by atoms with Crippen molar-refractivity contribution < 1.29 is 8.85 Å². The van der Waals surface area contributed by atoms with Crippen LogP contribution in [-0.4, -0.2) is 40.2 Å². The molecular weight excluding hydrogens is 504 g/mol. The summed E-state index contributed by atoms with van der Waals surface area (Å²) in [5.74, 6) is 3.40. The van der Waals surface area contributed by atoms with Gasteiger partial charge in [-0.1, -0.05) is 45.0 Å². The van der Waals surface area contributed by atoms with Gasteiger partial charge in [-0.3, -0.25) is 9.47 Å². The summed E-state index contributed by atoms with van der Waals surface area (Å²) in [6, 6.07) is 27.5. The molecule has 2 saturated carbocycles. The second kappa shape index (κ2) is 9.09. The highest BCUT2D eigenvalue weighted by Crippen LogP contribution is 2.52. The van der Waals surface area contributed by atoms with E-state index in [4.69, 9.17) is 13.8 Å². The van der Waals surface area contributed by atoms with Gasteiger partial charge in [-0.05, 0) is 91.5 Å². The second-order valence-corrected chi connectivity index (χ2v) is 13.2. The first-order valence-electron chi connectivity index (χ1n) is 16.4. The summed E-state index contributed by atoms with van der Waals surface area (Å²) in [5.41, 5.74) is 4.40. The van der Waals surface area contributed by atoms with Crippen LogP contribution in [0, 0.1) is 11.8 Å². The summed E-state index contributed by atoms with van der Waals surface area (Å²) in [6.07, 6.45) is 5.37. The first-order chi connectivity index (χ1) is 21.1. The van der Waals surface area contributed by atoms with Gasteiger partial charge in [-0.25, -0.2) is 4.98 Å². The van der Waals surface area contributed by atoms with Gasteiger partial charge in [0, 0.05) is 51.0 Å². The number of anilines is 1. The van der Waals surface area contributed by atoms with Gasteiger partial charge in [0.25, 0.3) is 0 Å². The standard InChI is InChI=1S/C36H38N4O/c1-36(2,3)25-16-17-37-33(19-25)40-31-11-6-5-10-29(31)30-15-14-28(21-32(30)40)41-27-9-7-8-26(20-27)39-22-38(4)34-23-12-13-24(18-23)35(34)39/h5-11,14-17,19-21,23-24,34-35H,12-13,18,22H2,1-4H3/i4D3. The molecule has 1 saturated heterocycles. The molecule has 0 amide bonds. The number of benzene rings is 3. The molecule has 3 fully saturated rings. The average molecular weight is 546 g/mol. The maximum Gasteiger partial charge on any atom is 0.137 e. The van der Waals surface area contributed by atoms with Gasteiger partial charge < -0.3 is 9.64 Å². The van der Waals surface area contributed by atoms with Crippen LogP contribution in [0.25, 0.3) is 27.6 Å². The minimum Gasteiger partial charge on any atom is -0.457 e. The molecule has 5 heteroatoms. The molecule has 0 N–H and O–H groups in total. The molecule has 3 aromatic carbocycles. The van der Waals surface area contributed by atoms with Crippen molar-refractivity contribution in [1.29, 1.82) is 0 Å². The highest BCUT2D eigenvalue weighted by atomic mass is 16.5. The molecule has 4 atom stereocenters. The number of likely N-dealkylation sites (N-methyl/N-ethyl adjacent to an activating group) is 1. The summed E-state index contributed by atoms with van der Waals surface area (Å²) >= 11 is 0. The first-order valence-corrected chi connectivity index (χ1v) is 14.9. The summed E-state index contributed by atoms with van der Waals surface area (Å²) in [5, 5.41) is 2.32. The number of rotatable bonds is 4. The van der Waals surface area contributed by atoms with Crippen LogP contribution in [0.15, 0.2) is 85.1 Å². The first kappa shape index (κ1) is 21.9. The fourth-order valence-corrected chi connectivity index (χ4v) is 7.84. The molecular formula is C36H38N4O. The van der Waals surface area contributed by atoms with Crippen LogP contribution in [0.2, 0.25) is 0 Å². The Hall–Kier alpha value is -3.83. The van der Waals surface area contributed by atoms with Gasteiger partial charge in [0.2, 0.25) is 0 Å². The van der Waals surface area contributed by atoms with E-state index >= 15 is 0 Å². The smallest absolute Gasteiger partial charge is 0.137 e. The lowest BCUT2D eigenvalue weighted by atomic mass is 9.88. The van der Waals surface area contributed by atoms with Crippen molar-refractivity contribution in [2.24, 2.45) is 11.8 Å². The molecule has 2 aliphatic carbocycles. The zero-order valence-corrected chi connectivity index (χ0v) is 23.9. The highest BCUT2D eigenvalue weighted by Gasteiger charge is 2.55. The molecule has 0 spiro atoms. The van der Waals surface area contributed by atoms with Crippen LogP contribution >= 0.6 is 0 Å². The van der Waals surface area contributed by atoms with Crippen LogP contribution in [0.3, 0.4) is 0 Å². The van der Waals surface area contributed by atoms with E-state index in [0.29, 0.717) is 18.5 Å². The summed E-state index contributed by atoms with van der Waals surface area (Å²) in [6.45, 7) is 5.00. The van der Waals surface area contributed by atoms with E-state index in [2.05, 4.69) is 90.9 Å². The van der Waals surface area contributed by atoms with E-state index in [-0.39, 0.29) is 17.5 Å². The number of para-hydroxylation sites is 1. The third-order valence-electron chi connectivity index (χ3n) is 9.72. The topological polar surface area (TPSA) is 33.5 Å². The number of pyridine rings is 1. The molecule has 41 heavy (non-hydrogen) atoms. The zero-order chi connectivity index (χ0) is 30.4. The lowest BCUT2D eigenvalue weighted by Crippen LogP contribution is -2.41. The number of hydrogen-bond acceptors (Lipinski definition) is 4. The van der Waals surface area contributed by atoms with Gasteiger partial charge in [0.05, 0.1) is 17.7 Å². The fraction of sp³-hybridized carbons (Fsp3) is 0.361. The SMILES string of the molecule is [2H]C([2H])([2H])N1CN(c2cccc(Oc3ccc4c5ccccc5n(-c5cc(C(C)(C)C)ccn5)c4c3)c2)C2C3CCC(C3)C21. The van der Waals surface area contributed by atoms with Crippen LogP contribution in [0.1, 0.15) is 49.7 Å². The van der Waals surface area contributed by atoms with Gasteiger partial charge >= 0.3 is 0 Å². The van der Waals surface area contributed by atoms with E-state index in [1.807, 2.05) is 24.4 Å². The molecule has 1 aliphatic heterocycles. The fourth-order valence-electron chi connectivity index (χ4n) is 7.84. The van der Waals surface area contributed by atoms with Crippen molar-refractivity contribution in [1.82, 2.24) is 14.5 Å². The normalized spacial score (nSPS) is 25.4. The molecule has 5 nitrogen and oxygen atoms in total. The van der Waals surface area contributed by atoms with Crippen molar-refractivity contribution in [3.05, 3.63) is 90.6 Å². The summed E-state index contributed by atoms with van der Waals surface area (Å²) in [7, 11) is 0. The largest absolute Gasteiger partial charge is 0.457 e. The number of hydrogen-bond donors (Lipinski definition) is 0. The minimum atomic E-state index is -2.09. The van der Waals surface area contributed by atoms with Crippen molar-refractivity contribution in [3.63, 3.8) is 0 Å². The molecule has 3 heterocycles. The average Bonchev–Trinajstić information content (AvgIpc) is 3.76. The lowest BCUT2D eigenvalue weighted by Gasteiger charge is -2.32. The van der Waals surface area contributed by atoms with E-state index in [9.17, 15) is 0 Å². The second-order valence-electron chi connectivity index (χ2n) is 13.2. The molecule has 4 unspecified atom stereocenters. The Labute approximate surface area is 246 Å². The van der Waals surface area contributed by atoms with Gasteiger partial charge in [-0.2, -0.15) is 0 Å². The maximum absolute atomic E-state index is 8.23. The molecule has 2 bridgehead atoms. The Kier molecular flexibility index (Phi) is 4.84. The van der Waals surface area contributed by atoms with Crippen LogP contribution in [0.4, 0.5) is 5.69 Å². The van der Waals surface area contributed by atoms with Crippen LogP contribution in [-0.2, 0) is 5.41 Å². The van der Waals surface area contributed by atoms with Crippen LogP contribution in [0.5, 0.6) is 11.5 Å². The van der Waals surface area contributed by atoms with Gasteiger partial charge in [0.1, 0.15) is 17.3 Å². The monoisotopic (exact) mass is 545 g/mol. The Balaban J connectivity index is 1.16. The Morgan fingerprint density at radius 2 is 1.63 bits per heavy atom. The highest BCUT2D eigenvalue weighted by molar-refractivity contribution is 6.09. The predicted molar refractivity (Wildman–Crippen MR) is 167 cm³/mol. The van der Waals surface area contributed by atoms with Crippen molar-refractivity contribution >= 4 is 27.5 Å². The van der Waals surface area contributed by atoms with Gasteiger partial charge in [-0.15, -0.1) is 0 Å². The third kappa shape index (κ3) is 3.97. The zero-order valence-electron chi connectivity index (χ0n) is 26.9. The Bertz CT molecular complexity index is 1890. The number of aromatic nitrogens is 2. The summed E-state index contributed by atoms with van der Waals surface area (Å²) < 4.78 is 33.5. The van der Waals surface area contributed by atoms with E-state index in [1.54, 1.807) is 4.90 Å². The van der Waals surface area contributed by atoms with Gasteiger partial charge in [0.15, 0.2) is 0 Å². The van der Waals surface area contributed by atoms with Crippen LogP contribution < -0.4 is 9.64 Å². The van der Waals surface area contributed by atoms with Crippen molar-refractivity contribution in [2.75, 3.05) is 18.5 Å². The number of nitrogens with zero attached hydrogens (tertiary/aromatic N) is 4. The van der Waals surface area contributed by atoms with Crippen molar-refractivity contribution in [3.8, 4) is 17.3 Å². The number of fused-ring (bicyclic) bond motifs is 8. The predicted octanol–water partition coefficient (Wildman–Crippen LogP) is 8.14. The van der Waals surface area contributed by atoms with Crippen molar-refractivity contribution in [2.45, 2.75) is 57.5 Å². The summed E-state index contributed by atoms with van der Waals surface area (Å²) in [4.78, 5) is 8.89. The van der Waals surface area contributed by atoms with E-state index in [0.717, 1.165) is 52.3 Å². The molecule has 8 rings (SSSR count). The molecule has 5 aromatic rings. The van der Waals surface area contributed by atoms with E-state index in [1.165, 1.54) is 17.4 Å².